The van der Waals surface area contributed by atoms with Gasteiger partial charge in [-0.25, -0.2) is 0 Å². The van der Waals surface area contributed by atoms with Crippen LogP contribution in [0.25, 0.3) is 0 Å². The van der Waals surface area contributed by atoms with E-state index in [0.29, 0.717) is 36.8 Å². The van der Waals surface area contributed by atoms with Crippen LogP contribution in [0.15, 0.2) is 18.2 Å². The summed E-state index contributed by atoms with van der Waals surface area (Å²) >= 11 is 0. The molecule has 19 heavy (non-hydrogen) atoms. The summed E-state index contributed by atoms with van der Waals surface area (Å²) < 4.78 is 11.0. The first kappa shape index (κ1) is 15.3. The molecule has 1 amide bonds. The maximum atomic E-state index is 11.9. The Morgan fingerprint density at radius 3 is 2.79 bits per heavy atom. The molecule has 0 bridgehead atoms. The lowest BCUT2D eigenvalue weighted by atomic mass is 10.1. The minimum Gasteiger partial charge on any atom is -0.487 e. The van der Waals surface area contributed by atoms with Crippen LogP contribution in [0, 0.1) is 0 Å². The fourth-order valence-corrected chi connectivity index (χ4v) is 1.61. The maximum absolute atomic E-state index is 11.9. The minimum atomic E-state index is -0.166. The highest BCUT2D eigenvalue weighted by Crippen LogP contribution is 2.23. The number of hydrogen-bond acceptors (Lipinski definition) is 4. The molecule has 1 atom stereocenters. The van der Waals surface area contributed by atoms with Crippen LogP contribution in [0.5, 0.6) is 5.75 Å². The summed E-state index contributed by atoms with van der Waals surface area (Å²) in [7, 11) is 0. The zero-order chi connectivity index (χ0) is 14.3. The van der Waals surface area contributed by atoms with Crippen LogP contribution in [0.1, 0.15) is 31.1 Å². The molecule has 0 aliphatic carbocycles. The molecule has 0 fully saturated rings. The van der Waals surface area contributed by atoms with E-state index in [1.54, 1.807) is 18.2 Å². The number of carbonyl (C=O) groups is 1. The van der Waals surface area contributed by atoms with Crippen molar-refractivity contribution in [3.05, 3.63) is 23.8 Å². The number of nitrogen functional groups attached to an aromatic ring is 1. The summed E-state index contributed by atoms with van der Waals surface area (Å²) in [5, 5.41) is 2.75. The number of amides is 1. The highest BCUT2D eigenvalue weighted by Gasteiger charge is 2.14. The second kappa shape index (κ2) is 7.63. The summed E-state index contributed by atoms with van der Waals surface area (Å²) in [5.74, 6) is 0.319. The van der Waals surface area contributed by atoms with Crippen LogP contribution < -0.4 is 15.8 Å². The second-order valence-electron chi connectivity index (χ2n) is 4.20. The van der Waals surface area contributed by atoms with E-state index in [-0.39, 0.29) is 12.0 Å². The van der Waals surface area contributed by atoms with Gasteiger partial charge in [0.1, 0.15) is 11.9 Å². The van der Waals surface area contributed by atoms with Gasteiger partial charge < -0.3 is 20.5 Å². The summed E-state index contributed by atoms with van der Waals surface area (Å²) in [6.45, 7) is 7.35. The Labute approximate surface area is 114 Å². The molecule has 0 aromatic heterocycles. The average molecular weight is 266 g/mol. The molecule has 3 N–H and O–H groups in total. The number of anilines is 1. The standard InChI is InChI=1S/C14H22N2O3/c1-4-16-14(17)12-7-6-11(15)8-13(12)19-10(3)9-18-5-2/h6-8,10H,4-5,9,15H2,1-3H3,(H,16,17). The summed E-state index contributed by atoms with van der Waals surface area (Å²) in [4.78, 5) is 11.9. The van der Waals surface area contributed by atoms with Crippen molar-refractivity contribution in [2.75, 3.05) is 25.5 Å². The van der Waals surface area contributed by atoms with Gasteiger partial charge in [0, 0.05) is 24.9 Å². The minimum absolute atomic E-state index is 0.144. The molecule has 0 aliphatic rings. The number of carbonyl (C=O) groups excluding carboxylic acids is 1. The van der Waals surface area contributed by atoms with E-state index in [0.717, 1.165) is 0 Å². The Morgan fingerprint density at radius 2 is 2.16 bits per heavy atom. The van der Waals surface area contributed by atoms with Gasteiger partial charge in [0.25, 0.3) is 5.91 Å². The van der Waals surface area contributed by atoms with Crippen molar-refractivity contribution in [3.8, 4) is 5.75 Å². The number of ether oxygens (including phenoxy) is 2. The summed E-state index contributed by atoms with van der Waals surface area (Å²) in [6, 6.07) is 5.01. The van der Waals surface area contributed by atoms with E-state index in [1.165, 1.54) is 0 Å². The third-order valence-corrected chi connectivity index (χ3v) is 2.47. The van der Waals surface area contributed by atoms with Gasteiger partial charge in [-0.1, -0.05) is 0 Å². The highest BCUT2D eigenvalue weighted by molar-refractivity contribution is 5.97. The Hall–Kier alpha value is -1.75. The molecule has 1 unspecified atom stereocenters. The quantitative estimate of drug-likeness (QED) is 0.738. The van der Waals surface area contributed by atoms with Gasteiger partial charge in [-0.2, -0.15) is 0 Å². The van der Waals surface area contributed by atoms with Gasteiger partial charge in [-0.05, 0) is 32.9 Å². The largest absolute Gasteiger partial charge is 0.487 e. The lowest BCUT2D eigenvalue weighted by Gasteiger charge is -2.17. The molecule has 0 spiro atoms. The van der Waals surface area contributed by atoms with Gasteiger partial charge in [0.2, 0.25) is 0 Å². The normalized spacial score (nSPS) is 11.9. The molecule has 0 saturated heterocycles. The van der Waals surface area contributed by atoms with Crippen LogP contribution in [0.2, 0.25) is 0 Å². The van der Waals surface area contributed by atoms with Crippen molar-refractivity contribution in [2.45, 2.75) is 26.9 Å². The van der Waals surface area contributed by atoms with E-state index in [9.17, 15) is 4.79 Å². The number of nitrogens with one attached hydrogen (secondary N) is 1. The van der Waals surface area contributed by atoms with E-state index in [1.807, 2.05) is 20.8 Å². The molecule has 106 valence electrons. The van der Waals surface area contributed by atoms with Gasteiger partial charge in [-0.15, -0.1) is 0 Å². The predicted octanol–water partition coefficient (Wildman–Crippen LogP) is 1.82. The first-order valence-corrected chi connectivity index (χ1v) is 6.50. The van der Waals surface area contributed by atoms with Gasteiger partial charge in [-0.3, -0.25) is 4.79 Å². The van der Waals surface area contributed by atoms with Gasteiger partial charge in [0.05, 0.1) is 12.2 Å². The number of benzene rings is 1. The molecule has 5 heteroatoms. The number of rotatable bonds is 7. The van der Waals surface area contributed by atoms with Crippen molar-refractivity contribution >= 4 is 11.6 Å². The van der Waals surface area contributed by atoms with Crippen molar-refractivity contribution in [3.63, 3.8) is 0 Å². The fourth-order valence-electron chi connectivity index (χ4n) is 1.61. The molecule has 1 rings (SSSR count). The molecule has 5 nitrogen and oxygen atoms in total. The topological polar surface area (TPSA) is 73.6 Å². The Bertz CT molecular complexity index is 421. The number of hydrogen-bond donors (Lipinski definition) is 2. The first-order chi connectivity index (χ1) is 9.08. The van der Waals surface area contributed by atoms with Gasteiger partial charge >= 0.3 is 0 Å². The van der Waals surface area contributed by atoms with Crippen LogP contribution in [-0.2, 0) is 4.74 Å². The maximum Gasteiger partial charge on any atom is 0.255 e. The lowest BCUT2D eigenvalue weighted by molar-refractivity contribution is 0.0646. The highest BCUT2D eigenvalue weighted by atomic mass is 16.5. The Morgan fingerprint density at radius 1 is 1.42 bits per heavy atom. The van der Waals surface area contributed by atoms with Crippen LogP contribution in [0.4, 0.5) is 5.69 Å². The van der Waals surface area contributed by atoms with Crippen molar-refractivity contribution in [2.24, 2.45) is 0 Å². The Kier molecular flexibility index (Phi) is 6.15. The molecular formula is C14H22N2O3. The SMILES string of the molecule is CCNC(=O)c1ccc(N)cc1OC(C)COCC. The first-order valence-electron chi connectivity index (χ1n) is 6.50. The smallest absolute Gasteiger partial charge is 0.255 e. The summed E-state index contributed by atoms with van der Waals surface area (Å²) in [6.07, 6.45) is -0.144. The van der Waals surface area contributed by atoms with E-state index in [2.05, 4.69) is 5.32 Å². The van der Waals surface area contributed by atoms with Crippen molar-refractivity contribution in [1.82, 2.24) is 5.32 Å². The zero-order valence-electron chi connectivity index (χ0n) is 11.7. The lowest BCUT2D eigenvalue weighted by Crippen LogP contribution is -2.25. The Balaban J connectivity index is 2.84. The molecule has 1 aromatic rings. The van der Waals surface area contributed by atoms with Crippen LogP contribution in [0.3, 0.4) is 0 Å². The van der Waals surface area contributed by atoms with Crippen molar-refractivity contribution in [1.29, 1.82) is 0 Å². The van der Waals surface area contributed by atoms with Crippen LogP contribution >= 0.6 is 0 Å². The van der Waals surface area contributed by atoms with E-state index >= 15 is 0 Å². The molecule has 0 radical (unpaired) electrons. The molecule has 0 heterocycles. The van der Waals surface area contributed by atoms with E-state index in [4.69, 9.17) is 15.2 Å². The fraction of sp³-hybridized carbons (Fsp3) is 0.500. The molecule has 1 aromatic carbocycles. The molecular weight excluding hydrogens is 244 g/mol. The van der Waals surface area contributed by atoms with Crippen molar-refractivity contribution < 1.29 is 14.3 Å². The zero-order valence-corrected chi connectivity index (χ0v) is 11.7. The molecule has 0 aliphatic heterocycles. The van der Waals surface area contributed by atoms with Crippen LogP contribution in [-0.4, -0.2) is 31.8 Å². The predicted molar refractivity (Wildman–Crippen MR) is 75.4 cm³/mol. The monoisotopic (exact) mass is 266 g/mol. The third-order valence-electron chi connectivity index (χ3n) is 2.47. The number of nitrogens with two attached hydrogens (primary N) is 1. The van der Waals surface area contributed by atoms with E-state index < -0.39 is 0 Å². The second-order valence-corrected chi connectivity index (χ2v) is 4.20. The molecule has 0 saturated carbocycles. The summed E-state index contributed by atoms with van der Waals surface area (Å²) in [5.41, 5.74) is 6.78. The van der Waals surface area contributed by atoms with Gasteiger partial charge in [0.15, 0.2) is 0 Å². The third kappa shape index (κ3) is 4.79. The average Bonchev–Trinajstić information content (AvgIpc) is 2.36.